The number of anilines is 2. The first-order valence-electron chi connectivity index (χ1n) is 12.9. The fraction of sp³-hybridized carbons (Fsp3) is 0.0938. The number of aryl methyl sites for hydroxylation is 1. The van der Waals surface area contributed by atoms with Gasteiger partial charge in [0.15, 0.2) is 12.2 Å². The van der Waals surface area contributed by atoms with Crippen LogP contribution in [-0.2, 0) is 25.9 Å². The molecule has 0 aliphatic rings. The second kappa shape index (κ2) is 13.1. The number of carbonyl (C=O) groups excluding carboxylic acids is 2. The number of rotatable bonds is 10. The molecular weight excluding hydrogens is 686 g/mol. The molecule has 9 heteroatoms. The van der Waals surface area contributed by atoms with Crippen molar-refractivity contribution in [3.05, 3.63) is 121 Å². The third-order valence-corrected chi connectivity index (χ3v) is 6.96. The molecule has 0 atom stereocenters. The Bertz CT molecular complexity index is 1740. The van der Waals surface area contributed by atoms with Gasteiger partial charge in [-0.25, -0.2) is 4.98 Å². The van der Waals surface area contributed by atoms with Gasteiger partial charge in [0.1, 0.15) is 0 Å². The monoisotopic (exact) mass is 712 g/mol. The van der Waals surface area contributed by atoms with Crippen LogP contribution in [0.4, 0.5) is 11.6 Å². The Morgan fingerprint density at radius 2 is 1.88 bits per heavy atom. The van der Waals surface area contributed by atoms with Crippen LogP contribution >= 0.6 is 0 Å². The summed E-state index contributed by atoms with van der Waals surface area (Å²) in [6.07, 6.45) is 12.6. The van der Waals surface area contributed by atoms with E-state index in [0.717, 1.165) is 11.1 Å². The molecule has 3 aromatic carbocycles. The predicted octanol–water partition coefficient (Wildman–Crippen LogP) is 5.87. The fourth-order valence-corrected chi connectivity index (χ4v) is 4.64. The number of amides is 2. The second-order valence-corrected chi connectivity index (χ2v) is 10.0. The Morgan fingerprint density at radius 1 is 1.05 bits per heavy atom. The average Bonchev–Trinajstić information content (AvgIpc) is 3.67. The van der Waals surface area contributed by atoms with Gasteiger partial charge in [-0.05, 0) is 24.3 Å². The van der Waals surface area contributed by atoms with Gasteiger partial charge in [-0.2, -0.15) is 0 Å². The van der Waals surface area contributed by atoms with Crippen LogP contribution in [0.5, 0.6) is 0 Å². The number of aromatic nitrogens is 3. The van der Waals surface area contributed by atoms with E-state index in [4.69, 9.17) is 9.40 Å². The molecule has 0 bridgehead atoms. The summed E-state index contributed by atoms with van der Waals surface area (Å²) in [6.45, 7) is 0.549. The van der Waals surface area contributed by atoms with Crippen molar-refractivity contribution in [2.45, 2.75) is 13.0 Å². The SMILES string of the molecule is CN(C(=O)c1ccccc1)c1ccc2c(c1)nc(NC(=O)c1cccc(-c3cnco3)c1)n2CC[C-]=CC=C[CH]=[W]. The number of fused-ring (bicyclic) bond motifs is 1. The number of hydrogen-bond donors (Lipinski definition) is 1. The number of nitrogens with one attached hydrogen (secondary N) is 1. The number of nitrogens with zero attached hydrogens (tertiary/aromatic N) is 4. The van der Waals surface area contributed by atoms with Crippen molar-refractivity contribution in [2.24, 2.45) is 0 Å². The van der Waals surface area contributed by atoms with Crippen molar-refractivity contribution in [1.82, 2.24) is 14.5 Å². The summed E-state index contributed by atoms with van der Waals surface area (Å²) in [7, 11) is 1.74. The number of allylic oxidation sites excluding steroid dienone is 4. The average molecular weight is 712 g/mol. The summed E-state index contributed by atoms with van der Waals surface area (Å²) < 4.78 is 9.37. The summed E-state index contributed by atoms with van der Waals surface area (Å²) >= 11 is 1.39. The van der Waals surface area contributed by atoms with Crippen molar-refractivity contribution in [3.63, 3.8) is 0 Å². The van der Waals surface area contributed by atoms with Crippen LogP contribution in [0, 0.1) is 6.08 Å². The number of benzene rings is 3. The summed E-state index contributed by atoms with van der Waals surface area (Å²) in [5.74, 6) is 0.561. The molecule has 0 aliphatic carbocycles. The zero-order valence-electron chi connectivity index (χ0n) is 22.2. The molecule has 1 N–H and O–H groups in total. The molecule has 5 rings (SSSR count). The topological polar surface area (TPSA) is 93.3 Å². The minimum absolute atomic E-state index is 0.122. The van der Waals surface area contributed by atoms with E-state index in [-0.39, 0.29) is 11.8 Å². The molecule has 2 aromatic heterocycles. The van der Waals surface area contributed by atoms with Gasteiger partial charge in [0.2, 0.25) is 0 Å². The third kappa shape index (κ3) is 6.56. The van der Waals surface area contributed by atoms with Crippen LogP contribution in [0.2, 0.25) is 0 Å². The van der Waals surface area contributed by atoms with Crippen LogP contribution in [0.25, 0.3) is 22.4 Å². The first-order valence-corrected chi connectivity index (χ1v) is 14.5. The van der Waals surface area contributed by atoms with E-state index in [1.807, 2.05) is 69.7 Å². The molecule has 2 heterocycles. The van der Waals surface area contributed by atoms with E-state index < -0.39 is 0 Å². The molecule has 0 fully saturated rings. The molecule has 0 saturated heterocycles. The second-order valence-electron chi connectivity index (χ2n) is 9.03. The summed E-state index contributed by atoms with van der Waals surface area (Å²) in [6, 6.07) is 21.9. The molecule has 0 saturated carbocycles. The summed E-state index contributed by atoms with van der Waals surface area (Å²) in [4.78, 5) is 36.7. The normalized spacial score (nSPS) is 11.3. The van der Waals surface area contributed by atoms with E-state index in [1.165, 1.54) is 25.7 Å². The maximum atomic E-state index is 13.3. The van der Waals surface area contributed by atoms with Crippen LogP contribution in [0.15, 0.2) is 108 Å². The molecule has 0 spiro atoms. The molecule has 8 nitrogen and oxygen atoms in total. The van der Waals surface area contributed by atoms with E-state index in [1.54, 1.807) is 48.5 Å². The third-order valence-electron chi connectivity index (χ3n) is 6.39. The summed E-state index contributed by atoms with van der Waals surface area (Å²) in [5.41, 5.74) is 4.00. The Kier molecular flexibility index (Phi) is 8.91. The van der Waals surface area contributed by atoms with Gasteiger partial charge >= 0.3 is 133 Å². The van der Waals surface area contributed by atoms with Crippen LogP contribution in [-0.4, -0.2) is 37.8 Å². The maximum absolute atomic E-state index is 13.3. The van der Waals surface area contributed by atoms with Crippen molar-refractivity contribution in [1.29, 1.82) is 0 Å². The molecule has 204 valence electrons. The Balaban J connectivity index is 1.45. The number of hydrogen-bond acceptors (Lipinski definition) is 5. The minimum atomic E-state index is -0.303. The van der Waals surface area contributed by atoms with Crippen molar-refractivity contribution in [2.75, 3.05) is 17.3 Å². The number of carbonyl (C=O) groups is 2. The molecular formula is C32H26N5O3W-. The zero-order chi connectivity index (χ0) is 28.6. The van der Waals surface area contributed by atoms with Gasteiger partial charge in [0.05, 0.1) is 6.20 Å². The molecule has 2 amide bonds. The van der Waals surface area contributed by atoms with Crippen LogP contribution in [0.3, 0.4) is 0 Å². The van der Waals surface area contributed by atoms with Gasteiger partial charge < -0.3 is 9.32 Å². The Labute approximate surface area is 248 Å². The number of imidazole rings is 1. The molecule has 0 unspecified atom stereocenters. The van der Waals surface area contributed by atoms with Gasteiger partial charge in [-0.15, -0.1) is 0 Å². The van der Waals surface area contributed by atoms with Gasteiger partial charge in [0.25, 0.3) is 5.91 Å². The fourth-order valence-electron chi connectivity index (χ4n) is 4.31. The van der Waals surface area contributed by atoms with Crippen molar-refractivity contribution >= 4 is 38.9 Å². The van der Waals surface area contributed by atoms with Crippen molar-refractivity contribution < 1.29 is 33.4 Å². The molecule has 41 heavy (non-hydrogen) atoms. The molecule has 0 radical (unpaired) electrons. The summed E-state index contributed by atoms with van der Waals surface area (Å²) in [5, 5.41) is 2.98. The van der Waals surface area contributed by atoms with Gasteiger partial charge in [-0.3, -0.25) is 4.79 Å². The quantitative estimate of drug-likeness (QED) is 0.145. The Hall–Kier alpha value is -4.68. The van der Waals surface area contributed by atoms with E-state index in [0.29, 0.717) is 47.0 Å². The van der Waals surface area contributed by atoms with Crippen LogP contribution in [0.1, 0.15) is 27.1 Å². The molecule has 0 aliphatic heterocycles. The predicted molar refractivity (Wildman–Crippen MR) is 156 cm³/mol. The molecule has 5 aromatic rings. The zero-order valence-corrected chi connectivity index (χ0v) is 25.2. The standard InChI is InChI=1S/C32H26N5O3.W/c1-3-4-5-6-10-18-37-28-17-16-26(36(2)31(39)23-12-8-7-9-13-23)20-27(28)34-32(37)35-30(38)25-15-11-14-24(19-25)29-21-33-22-40-29;/h1,3-5,7-9,11-17,19-22H,10,18H2,2H3,(H,34,35,38);/q-1;. The van der Waals surface area contributed by atoms with E-state index in [9.17, 15) is 9.59 Å². The van der Waals surface area contributed by atoms with Gasteiger partial charge in [0, 0.05) is 18.2 Å². The van der Waals surface area contributed by atoms with Gasteiger partial charge in [-0.1, -0.05) is 30.3 Å². The Morgan fingerprint density at radius 3 is 2.66 bits per heavy atom. The number of oxazole rings is 1. The van der Waals surface area contributed by atoms with Crippen molar-refractivity contribution in [3.8, 4) is 11.3 Å². The first-order chi connectivity index (χ1) is 20.0. The first kappa shape index (κ1) is 27.9. The van der Waals surface area contributed by atoms with Crippen LogP contribution < -0.4 is 10.2 Å². The van der Waals surface area contributed by atoms with E-state index >= 15 is 0 Å². The van der Waals surface area contributed by atoms with E-state index in [2.05, 4.69) is 16.4 Å².